The van der Waals surface area contributed by atoms with Gasteiger partial charge in [0.05, 0.1) is 21.5 Å². The van der Waals surface area contributed by atoms with E-state index in [2.05, 4.69) is 42.5 Å². The molecule has 39 heavy (non-hydrogen) atoms. The zero-order valence-electron chi connectivity index (χ0n) is 21.2. The number of fused-ring (bicyclic) bond motifs is 1. The molecule has 0 aromatic heterocycles. The Morgan fingerprint density at radius 2 is 1.62 bits per heavy atom. The molecule has 0 fully saturated rings. The molecule has 0 radical (unpaired) electrons. The smallest absolute Gasteiger partial charge is 0.412 e. The maximum Gasteiger partial charge on any atom is 0.412 e. The molecule has 0 aliphatic rings. The Morgan fingerprint density at radius 3 is 2.38 bits per heavy atom. The first-order valence-corrected chi connectivity index (χ1v) is 13.6. The predicted molar refractivity (Wildman–Crippen MR) is 163 cm³/mol. The average Bonchev–Trinajstić information content (AvgIpc) is 2.90. The fourth-order valence-electron chi connectivity index (χ4n) is 4.15. The molecule has 0 aliphatic heterocycles. The van der Waals surface area contributed by atoms with Gasteiger partial charge in [-0.25, -0.2) is 4.79 Å². The summed E-state index contributed by atoms with van der Waals surface area (Å²) in [6.07, 6.45) is 1.29. The van der Waals surface area contributed by atoms with E-state index in [9.17, 15) is 14.7 Å². The minimum atomic E-state index is -0.980. The summed E-state index contributed by atoms with van der Waals surface area (Å²) in [4.78, 5) is 25.9. The average molecular weight is 653 g/mol. The van der Waals surface area contributed by atoms with Crippen molar-refractivity contribution in [2.24, 2.45) is 5.41 Å². The van der Waals surface area contributed by atoms with Crippen LogP contribution in [-0.2, 0) is 9.53 Å². The quantitative estimate of drug-likeness (QED) is 0.119. The molecule has 2 amide bonds. The van der Waals surface area contributed by atoms with Crippen LogP contribution in [0.4, 0.5) is 21.9 Å². The summed E-state index contributed by atoms with van der Waals surface area (Å²) in [5.41, 5.74) is 6.86. The van der Waals surface area contributed by atoms with Crippen molar-refractivity contribution in [3.8, 4) is 5.75 Å². The van der Waals surface area contributed by atoms with E-state index in [1.807, 2.05) is 36.4 Å². The Kier molecular flexibility index (Phi) is 8.62. The van der Waals surface area contributed by atoms with Crippen molar-refractivity contribution in [1.82, 2.24) is 0 Å². The number of anilines is 3. The number of ether oxygens (including phenoxy) is 1. The third kappa shape index (κ3) is 6.79. The largest absolute Gasteiger partial charge is 0.506 e. The summed E-state index contributed by atoms with van der Waals surface area (Å²) in [5, 5.41) is 18.3. The molecule has 0 spiro atoms. The SMILES string of the molecule is CC(C)(/C=C/C(=O)Nc1ccccc1N)[C@@H](OC(=O)Nc1cccc2ccccc12)c1cc(Br)cc(Br)c1O. The monoisotopic (exact) mass is 651 g/mol. The topological polar surface area (TPSA) is 114 Å². The number of benzene rings is 4. The normalized spacial score (nSPS) is 12.3. The van der Waals surface area contributed by atoms with Crippen LogP contribution in [0.1, 0.15) is 25.5 Å². The Morgan fingerprint density at radius 1 is 0.949 bits per heavy atom. The minimum absolute atomic E-state index is 0.0795. The number of amides is 2. The van der Waals surface area contributed by atoms with Crippen LogP contribution < -0.4 is 16.4 Å². The first kappa shape index (κ1) is 28.2. The van der Waals surface area contributed by atoms with E-state index in [0.29, 0.717) is 31.6 Å². The molecule has 7 nitrogen and oxygen atoms in total. The Labute approximate surface area is 243 Å². The van der Waals surface area contributed by atoms with E-state index in [-0.39, 0.29) is 5.75 Å². The summed E-state index contributed by atoms with van der Waals surface area (Å²) in [6.45, 7) is 3.61. The second-order valence-electron chi connectivity index (χ2n) is 9.49. The molecule has 9 heteroatoms. The first-order valence-electron chi connectivity index (χ1n) is 12.0. The maximum absolute atomic E-state index is 13.2. The van der Waals surface area contributed by atoms with Crippen molar-refractivity contribution >= 4 is 71.7 Å². The van der Waals surface area contributed by atoms with E-state index in [1.54, 1.807) is 62.4 Å². The lowest BCUT2D eigenvalue weighted by Gasteiger charge is -2.32. The molecule has 0 aliphatic carbocycles. The zero-order chi connectivity index (χ0) is 28.2. The zero-order valence-corrected chi connectivity index (χ0v) is 24.4. The number of phenols is 1. The summed E-state index contributed by atoms with van der Waals surface area (Å²) in [5.74, 6) is -0.483. The molecule has 4 rings (SSSR count). The fraction of sp³-hybridized carbons (Fsp3) is 0.133. The molecule has 200 valence electrons. The molecule has 5 N–H and O–H groups in total. The standard InChI is InChI=1S/C30H27Br2N3O4/c1-30(2,15-14-26(36)34-25-12-6-5-11-23(25)33)28(21-16-19(31)17-22(32)27(21)37)39-29(38)35-24-13-7-9-18-8-3-4-10-20(18)24/h3-17,28,37H,33H2,1-2H3,(H,34,36)(H,35,38)/b15-14+/t28-/m0/s1. The van der Waals surface area contributed by atoms with Gasteiger partial charge in [-0.2, -0.15) is 0 Å². The highest BCUT2D eigenvalue weighted by molar-refractivity contribution is 9.11. The number of hydrogen-bond acceptors (Lipinski definition) is 5. The Balaban J connectivity index is 1.63. The van der Waals surface area contributed by atoms with Crippen molar-refractivity contribution in [2.75, 3.05) is 16.4 Å². The third-order valence-corrected chi connectivity index (χ3v) is 7.21. The van der Waals surface area contributed by atoms with Crippen molar-refractivity contribution in [2.45, 2.75) is 20.0 Å². The highest BCUT2D eigenvalue weighted by atomic mass is 79.9. The Hall–Kier alpha value is -3.82. The van der Waals surface area contributed by atoms with Gasteiger partial charge in [0.15, 0.2) is 0 Å². The number of rotatable bonds is 7. The number of halogens is 2. The maximum atomic E-state index is 13.2. The third-order valence-electron chi connectivity index (χ3n) is 6.15. The van der Waals surface area contributed by atoms with Crippen molar-refractivity contribution in [3.05, 3.63) is 106 Å². The molecule has 0 heterocycles. The molecule has 1 atom stereocenters. The van der Waals surface area contributed by atoms with Crippen LogP contribution in [0.2, 0.25) is 0 Å². The van der Waals surface area contributed by atoms with Gasteiger partial charge in [0, 0.05) is 20.8 Å². The van der Waals surface area contributed by atoms with Crippen molar-refractivity contribution < 1.29 is 19.4 Å². The molecular weight excluding hydrogens is 626 g/mol. The first-order chi connectivity index (χ1) is 18.5. The number of nitrogens with two attached hydrogens (primary N) is 1. The lowest BCUT2D eigenvalue weighted by molar-refractivity contribution is -0.112. The van der Waals surface area contributed by atoms with Crippen LogP contribution in [0, 0.1) is 5.41 Å². The van der Waals surface area contributed by atoms with Gasteiger partial charge in [0.2, 0.25) is 5.91 Å². The van der Waals surface area contributed by atoms with Gasteiger partial charge in [-0.15, -0.1) is 0 Å². The van der Waals surface area contributed by atoms with Gasteiger partial charge in [-0.3, -0.25) is 10.1 Å². The van der Waals surface area contributed by atoms with Gasteiger partial charge < -0.3 is 20.9 Å². The van der Waals surface area contributed by atoms with E-state index in [0.717, 1.165) is 10.8 Å². The summed E-state index contributed by atoms with van der Waals surface area (Å²) in [6, 6.07) is 23.6. The number of phenolic OH excluding ortho intramolecular Hbond substituents is 1. The number of hydrogen-bond donors (Lipinski definition) is 4. The fourth-order valence-corrected chi connectivity index (χ4v) is 5.40. The summed E-state index contributed by atoms with van der Waals surface area (Å²) < 4.78 is 7.05. The van der Waals surface area contributed by atoms with Gasteiger partial charge in [0.25, 0.3) is 0 Å². The molecule has 4 aromatic rings. The van der Waals surface area contributed by atoms with Crippen molar-refractivity contribution in [1.29, 1.82) is 0 Å². The van der Waals surface area contributed by atoms with E-state index < -0.39 is 23.5 Å². The number of para-hydroxylation sites is 2. The van der Waals surface area contributed by atoms with E-state index in [1.165, 1.54) is 6.08 Å². The summed E-state index contributed by atoms with van der Waals surface area (Å²) in [7, 11) is 0. The van der Waals surface area contributed by atoms with Gasteiger partial charge in [-0.05, 0) is 57.7 Å². The lowest BCUT2D eigenvalue weighted by atomic mass is 9.81. The van der Waals surface area contributed by atoms with Gasteiger partial charge in [-0.1, -0.05) is 84.4 Å². The second kappa shape index (κ2) is 11.9. The van der Waals surface area contributed by atoms with Gasteiger partial charge >= 0.3 is 6.09 Å². The Bertz CT molecular complexity index is 1560. The van der Waals surface area contributed by atoms with E-state index in [4.69, 9.17) is 10.5 Å². The van der Waals surface area contributed by atoms with Crippen molar-refractivity contribution in [3.63, 3.8) is 0 Å². The van der Waals surface area contributed by atoms with Crippen LogP contribution in [0.3, 0.4) is 0 Å². The molecule has 0 bridgehead atoms. The minimum Gasteiger partial charge on any atom is -0.506 e. The van der Waals surface area contributed by atoms with Crippen LogP contribution in [0.25, 0.3) is 10.8 Å². The number of nitrogen functional groups attached to an aromatic ring is 1. The van der Waals surface area contributed by atoms with Gasteiger partial charge in [0.1, 0.15) is 11.9 Å². The highest BCUT2D eigenvalue weighted by Crippen LogP contribution is 2.45. The molecule has 4 aromatic carbocycles. The number of aromatic hydroxyl groups is 1. The van der Waals surface area contributed by atoms with E-state index >= 15 is 0 Å². The molecule has 0 saturated carbocycles. The molecule has 0 unspecified atom stereocenters. The number of carbonyl (C=O) groups excluding carboxylic acids is 2. The molecular formula is C30H27Br2N3O4. The van der Waals surface area contributed by atoms with Crippen LogP contribution in [-0.4, -0.2) is 17.1 Å². The number of carbonyl (C=O) groups is 2. The molecule has 0 saturated heterocycles. The summed E-state index contributed by atoms with van der Waals surface area (Å²) >= 11 is 6.80. The van der Waals surface area contributed by atoms with Crippen LogP contribution >= 0.6 is 31.9 Å². The second-order valence-corrected chi connectivity index (χ2v) is 11.3. The number of nitrogens with one attached hydrogen (secondary N) is 2. The predicted octanol–water partition coefficient (Wildman–Crippen LogP) is 8.16. The van der Waals surface area contributed by atoms with Crippen LogP contribution in [0.15, 0.2) is 100.0 Å². The van der Waals surface area contributed by atoms with Crippen LogP contribution in [0.5, 0.6) is 5.75 Å². The highest BCUT2D eigenvalue weighted by Gasteiger charge is 2.35. The lowest BCUT2D eigenvalue weighted by Crippen LogP contribution is -2.28.